The highest BCUT2D eigenvalue weighted by Gasteiger charge is 2.09. The van der Waals surface area contributed by atoms with Gasteiger partial charge in [0.25, 0.3) is 0 Å². The second-order valence-corrected chi connectivity index (χ2v) is 4.32. The molecule has 1 heterocycles. The molecule has 1 amide bonds. The number of oxazole rings is 1. The number of amides is 1. The molecule has 1 aromatic heterocycles. The second-order valence-electron chi connectivity index (χ2n) is 4.32. The number of aromatic nitrogens is 1. The Morgan fingerprint density at radius 3 is 2.95 bits per heavy atom. The van der Waals surface area contributed by atoms with E-state index in [4.69, 9.17) is 9.68 Å². The second kappa shape index (κ2) is 4.98. The lowest BCUT2D eigenvalue weighted by Crippen LogP contribution is -2.27. The van der Waals surface area contributed by atoms with Crippen molar-refractivity contribution in [2.45, 2.75) is 6.42 Å². The Kier molecular flexibility index (Phi) is 3.38. The van der Waals surface area contributed by atoms with Crippen molar-refractivity contribution in [2.24, 2.45) is 7.05 Å². The lowest BCUT2D eigenvalue weighted by Gasteiger charge is -2.12. The number of carbonyl (C=O) groups excluding carboxylic acids is 1. The predicted molar refractivity (Wildman–Crippen MR) is 68.4 cm³/mol. The Morgan fingerprint density at radius 1 is 1.53 bits per heavy atom. The van der Waals surface area contributed by atoms with E-state index in [1.165, 1.54) is 9.47 Å². The van der Waals surface area contributed by atoms with Crippen LogP contribution in [0.25, 0.3) is 11.1 Å². The first kappa shape index (κ1) is 12.9. The molecule has 0 N–H and O–H groups in total. The van der Waals surface area contributed by atoms with Crippen molar-refractivity contribution in [2.75, 3.05) is 13.6 Å². The minimum atomic E-state index is -0.563. The van der Waals surface area contributed by atoms with Crippen molar-refractivity contribution in [3.63, 3.8) is 0 Å². The van der Waals surface area contributed by atoms with E-state index in [2.05, 4.69) is 0 Å². The Labute approximate surface area is 109 Å². The molecule has 0 radical (unpaired) electrons. The van der Waals surface area contributed by atoms with Crippen LogP contribution in [0.15, 0.2) is 27.4 Å². The SMILES string of the molecule is CN(CCc1ccc2c(c1)oc(=O)n2C)C(=O)C#N. The lowest BCUT2D eigenvalue weighted by molar-refractivity contribution is -0.124. The van der Waals surface area contributed by atoms with Gasteiger partial charge < -0.3 is 9.32 Å². The van der Waals surface area contributed by atoms with Gasteiger partial charge in [0.05, 0.1) is 5.52 Å². The zero-order valence-corrected chi connectivity index (χ0v) is 10.7. The molecule has 0 aliphatic heterocycles. The average Bonchev–Trinajstić information content (AvgIpc) is 2.70. The molecule has 0 atom stereocenters. The first-order chi connectivity index (χ1) is 9.02. The summed E-state index contributed by atoms with van der Waals surface area (Å²) >= 11 is 0. The third-order valence-corrected chi connectivity index (χ3v) is 3.03. The van der Waals surface area contributed by atoms with Crippen LogP contribution in [0.2, 0.25) is 0 Å². The van der Waals surface area contributed by atoms with E-state index >= 15 is 0 Å². The number of likely N-dealkylation sites (N-methyl/N-ethyl adjacent to an activating group) is 1. The maximum atomic E-state index is 11.4. The Morgan fingerprint density at radius 2 is 2.26 bits per heavy atom. The normalized spacial score (nSPS) is 10.4. The quantitative estimate of drug-likeness (QED) is 0.758. The third kappa shape index (κ3) is 2.50. The highest BCUT2D eigenvalue weighted by atomic mass is 16.4. The fourth-order valence-corrected chi connectivity index (χ4v) is 1.82. The molecule has 98 valence electrons. The smallest absolute Gasteiger partial charge is 0.408 e. The van der Waals surface area contributed by atoms with Gasteiger partial charge in [0.2, 0.25) is 0 Å². The molecule has 0 saturated heterocycles. The minimum Gasteiger partial charge on any atom is -0.408 e. The van der Waals surface area contributed by atoms with Crippen LogP contribution >= 0.6 is 0 Å². The van der Waals surface area contributed by atoms with E-state index in [0.717, 1.165) is 11.1 Å². The lowest BCUT2D eigenvalue weighted by atomic mass is 10.1. The summed E-state index contributed by atoms with van der Waals surface area (Å²) in [4.78, 5) is 23.8. The van der Waals surface area contributed by atoms with Crippen LogP contribution in [0, 0.1) is 11.3 Å². The van der Waals surface area contributed by atoms with E-state index in [1.54, 1.807) is 26.2 Å². The largest absolute Gasteiger partial charge is 0.419 e. The monoisotopic (exact) mass is 259 g/mol. The summed E-state index contributed by atoms with van der Waals surface area (Å²) in [5.41, 5.74) is 2.20. The molecule has 0 saturated carbocycles. The van der Waals surface area contributed by atoms with E-state index in [9.17, 15) is 9.59 Å². The number of aryl methyl sites for hydroxylation is 1. The van der Waals surface area contributed by atoms with E-state index < -0.39 is 11.7 Å². The summed E-state index contributed by atoms with van der Waals surface area (Å²) in [7, 11) is 3.22. The van der Waals surface area contributed by atoms with E-state index in [0.29, 0.717) is 18.5 Å². The van der Waals surface area contributed by atoms with Crippen LogP contribution < -0.4 is 5.76 Å². The summed E-state index contributed by atoms with van der Waals surface area (Å²) < 4.78 is 6.52. The van der Waals surface area contributed by atoms with Crippen molar-refractivity contribution in [3.05, 3.63) is 34.3 Å². The molecule has 0 unspecified atom stereocenters. The van der Waals surface area contributed by atoms with Gasteiger partial charge in [-0.15, -0.1) is 0 Å². The number of rotatable bonds is 3. The maximum absolute atomic E-state index is 11.4. The molecule has 2 rings (SSSR count). The Hall–Kier alpha value is -2.55. The van der Waals surface area contributed by atoms with E-state index in [1.807, 2.05) is 12.1 Å². The van der Waals surface area contributed by atoms with Gasteiger partial charge in [-0.2, -0.15) is 5.26 Å². The van der Waals surface area contributed by atoms with Crippen molar-refractivity contribution < 1.29 is 9.21 Å². The van der Waals surface area contributed by atoms with Crippen molar-refractivity contribution in [3.8, 4) is 6.07 Å². The van der Waals surface area contributed by atoms with E-state index in [-0.39, 0.29) is 0 Å². The molecule has 0 aliphatic rings. The fraction of sp³-hybridized carbons (Fsp3) is 0.308. The van der Waals surface area contributed by atoms with Gasteiger partial charge in [-0.25, -0.2) is 4.79 Å². The number of carbonyl (C=O) groups is 1. The molecule has 0 bridgehead atoms. The number of nitrogens with zero attached hydrogens (tertiary/aromatic N) is 3. The molecule has 0 aliphatic carbocycles. The number of nitriles is 1. The van der Waals surface area contributed by atoms with Crippen LogP contribution in [0.4, 0.5) is 0 Å². The van der Waals surface area contributed by atoms with Gasteiger partial charge in [-0.05, 0) is 24.1 Å². The number of hydrogen-bond acceptors (Lipinski definition) is 4. The summed E-state index contributed by atoms with van der Waals surface area (Å²) in [5, 5.41) is 8.48. The minimum absolute atomic E-state index is 0.399. The highest BCUT2D eigenvalue weighted by Crippen LogP contribution is 2.14. The number of hydrogen-bond donors (Lipinski definition) is 0. The van der Waals surface area contributed by atoms with Crippen molar-refractivity contribution in [1.29, 1.82) is 5.26 Å². The third-order valence-electron chi connectivity index (χ3n) is 3.03. The highest BCUT2D eigenvalue weighted by molar-refractivity contribution is 5.90. The number of benzene rings is 1. The molecule has 6 heteroatoms. The fourth-order valence-electron chi connectivity index (χ4n) is 1.82. The average molecular weight is 259 g/mol. The first-order valence-corrected chi connectivity index (χ1v) is 5.76. The molecule has 0 fully saturated rings. The first-order valence-electron chi connectivity index (χ1n) is 5.76. The van der Waals surface area contributed by atoms with Crippen LogP contribution in [0.3, 0.4) is 0 Å². The maximum Gasteiger partial charge on any atom is 0.419 e. The molecule has 0 spiro atoms. The predicted octanol–water partition coefficient (Wildman–Crippen LogP) is 0.656. The number of fused-ring (bicyclic) bond motifs is 1. The van der Waals surface area contributed by atoms with Gasteiger partial charge in [0.1, 0.15) is 0 Å². The molecule has 19 heavy (non-hydrogen) atoms. The summed E-state index contributed by atoms with van der Waals surface area (Å²) in [5.74, 6) is -0.962. The van der Waals surface area contributed by atoms with Crippen LogP contribution in [0.5, 0.6) is 0 Å². The van der Waals surface area contributed by atoms with Gasteiger partial charge in [0, 0.05) is 20.6 Å². The molecular formula is C13H13N3O3. The Balaban J connectivity index is 2.17. The van der Waals surface area contributed by atoms with Crippen LogP contribution in [0.1, 0.15) is 5.56 Å². The van der Waals surface area contributed by atoms with Crippen molar-refractivity contribution in [1.82, 2.24) is 9.47 Å². The van der Waals surface area contributed by atoms with Crippen molar-refractivity contribution >= 4 is 17.0 Å². The zero-order chi connectivity index (χ0) is 14.0. The summed E-state index contributed by atoms with van der Waals surface area (Å²) in [6.45, 7) is 0.439. The zero-order valence-electron chi connectivity index (χ0n) is 10.7. The van der Waals surface area contributed by atoms with Gasteiger partial charge in [-0.3, -0.25) is 9.36 Å². The van der Waals surface area contributed by atoms with Crippen LogP contribution in [-0.4, -0.2) is 29.0 Å². The van der Waals surface area contributed by atoms with Crippen LogP contribution in [-0.2, 0) is 18.3 Å². The standard InChI is InChI=1S/C13H13N3O3/c1-15(12(17)8-14)6-5-9-3-4-10-11(7-9)19-13(18)16(10)2/h3-4,7H,5-6H2,1-2H3. The topological polar surface area (TPSA) is 79.2 Å². The molecule has 6 nitrogen and oxygen atoms in total. The van der Waals surface area contributed by atoms with Gasteiger partial charge >= 0.3 is 11.7 Å². The Bertz CT molecular complexity index is 721. The molecule has 1 aromatic carbocycles. The summed E-state index contributed by atoms with van der Waals surface area (Å²) in [6, 6.07) is 7.03. The molecular weight excluding hydrogens is 246 g/mol. The van der Waals surface area contributed by atoms with Gasteiger partial charge in [-0.1, -0.05) is 6.07 Å². The molecule has 2 aromatic rings. The summed E-state index contributed by atoms with van der Waals surface area (Å²) in [6.07, 6.45) is 0.596. The van der Waals surface area contributed by atoms with Gasteiger partial charge in [0.15, 0.2) is 11.7 Å².